The van der Waals surface area contributed by atoms with Gasteiger partial charge in [-0.2, -0.15) is 0 Å². The van der Waals surface area contributed by atoms with Gasteiger partial charge in [0.15, 0.2) is 0 Å². The van der Waals surface area contributed by atoms with Gasteiger partial charge in [-0.3, -0.25) is 0 Å². The zero-order valence-electron chi connectivity index (χ0n) is 11.0. The van der Waals surface area contributed by atoms with E-state index in [1.165, 1.54) is 1.46 Å². The molecule has 1 aliphatic heterocycles. The van der Waals surface area contributed by atoms with E-state index >= 15 is 0 Å². The average molecular weight is 426 g/mol. The summed E-state index contributed by atoms with van der Waals surface area (Å²) < 4.78 is 13.2. The molecule has 0 aromatic rings. The van der Waals surface area contributed by atoms with Crippen LogP contribution >= 0.6 is 0 Å². The molecule has 1 saturated heterocycles. The van der Waals surface area contributed by atoms with Crippen LogP contribution in [0.2, 0.25) is 1.46 Å². The molecular weight excluding hydrogens is 402 g/mol. The van der Waals surface area contributed by atoms with Crippen molar-refractivity contribution in [1.82, 2.24) is 0 Å². The standard InChI is InChI=1S/C12H23O2.Ra.H/c1-7(2)13-12-10(5)8(3)9(4)11(6)14-12;;/h7-12H,6H2,1-5H3;;/t8-,9?,10+,11+,12?;;/m0../s1. The molecule has 1 rings (SSSR count). The summed E-state index contributed by atoms with van der Waals surface area (Å²) >= 11 is 0.573. The van der Waals surface area contributed by atoms with Crippen LogP contribution in [0.15, 0.2) is 0 Å². The molecule has 2 unspecified atom stereocenters. The van der Waals surface area contributed by atoms with E-state index in [4.69, 9.17) is 9.47 Å². The Hall–Kier alpha value is 1.39. The summed E-state index contributed by atoms with van der Waals surface area (Å²) in [6.45, 7) is 11.1. The second kappa shape index (κ2) is 6.36. The molecule has 1 heterocycles. The normalized spacial score (nSPS) is 42.1. The molecule has 0 N–H and O–H groups in total. The minimum atomic E-state index is 0.0239. The molecule has 0 radical (unpaired) electrons. The van der Waals surface area contributed by atoms with Crippen molar-refractivity contribution in [3.05, 3.63) is 0 Å². The first-order chi connectivity index (χ1) is 6.97. The van der Waals surface area contributed by atoms with E-state index in [9.17, 15) is 0 Å². The van der Waals surface area contributed by atoms with Gasteiger partial charge in [-0.15, -0.1) is 0 Å². The van der Waals surface area contributed by atoms with E-state index in [0.717, 1.165) is 0 Å². The fourth-order valence-electron chi connectivity index (χ4n) is 2.38. The van der Waals surface area contributed by atoms with Gasteiger partial charge in [-0.1, -0.05) is 0 Å². The van der Waals surface area contributed by atoms with Gasteiger partial charge in [0.25, 0.3) is 0 Å². The number of rotatable bonds is 3. The van der Waals surface area contributed by atoms with Crippen molar-refractivity contribution in [2.45, 2.75) is 54.6 Å². The SMILES string of the molecule is CC(C)OC1O[C@H]([CH2][RaH])C(C)[C@H](C)[C@H]1C. The summed E-state index contributed by atoms with van der Waals surface area (Å²) in [5.41, 5.74) is 0. The van der Waals surface area contributed by atoms with E-state index in [2.05, 4.69) is 34.6 Å². The van der Waals surface area contributed by atoms with Crippen LogP contribution < -0.4 is 0 Å². The molecule has 1 aliphatic rings. The molecule has 0 aliphatic carbocycles. The monoisotopic (exact) mass is 426 g/mol. The summed E-state index contributed by atoms with van der Waals surface area (Å²) in [6.07, 6.45) is 0.752. The van der Waals surface area contributed by atoms with E-state index in [0.29, 0.717) is 66.7 Å². The van der Waals surface area contributed by atoms with Crippen molar-refractivity contribution in [3.63, 3.8) is 0 Å². The third-order valence-corrected chi connectivity index (χ3v) is 7.10. The fourth-order valence-corrected chi connectivity index (χ4v) is 6.22. The van der Waals surface area contributed by atoms with Gasteiger partial charge in [-0.25, -0.2) is 0 Å². The van der Waals surface area contributed by atoms with Crippen LogP contribution in [-0.4, -0.2) is 18.5 Å². The Kier molecular flexibility index (Phi) is 6.12. The Balaban J connectivity index is 2.65. The van der Waals surface area contributed by atoms with Crippen molar-refractivity contribution in [2.24, 2.45) is 17.8 Å². The molecule has 0 bridgehead atoms. The van der Waals surface area contributed by atoms with Crippen LogP contribution in [0.5, 0.6) is 0 Å². The summed E-state index contributed by atoms with van der Waals surface area (Å²) in [5.74, 6) is 1.92. The first-order valence-corrected chi connectivity index (χ1v) is 12.1. The predicted octanol–water partition coefficient (Wildman–Crippen LogP) is 2.74. The topological polar surface area (TPSA) is 18.5 Å². The van der Waals surface area contributed by atoms with E-state index in [-0.39, 0.29) is 12.4 Å². The first-order valence-electron chi connectivity index (χ1n) is 6.28. The average Bonchev–Trinajstić information content (AvgIpc) is 2.18. The van der Waals surface area contributed by atoms with Gasteiger partial charge < -0.3 is 0 Å². The Labute approximate surface area is 123 Å². The minimum absolute atomic E-state index is 0.0239. The molecule has 0 amide bonds. The second-order valence-electron chi connectivity index (χ2n) is 5.21. The molecule has 2 nitrogen and oxygen atoms in total. The quantitative estimate of drug-likeness (QED) is 0.691. The van der Waals surface area contributed by atoms with Gasteiger partial charge >= 0.3 is 125 Å². The van der Waals surface area contributed by atoms with Crippen molar-refractivity contribution in [3.8, 4) is 0 Å². The van der Waals surface area contributed by atoms with Crippen molar-refractivity contribution in [2.75, 3.05) is 0 Å². The van der Waals surface area contributed by atoms with Crippen LogP contribution in [0.25, 0.3) is 0 Å². The number of ether oxygens (including phenoxy) is 2. The van der Waals surface area contributed by atoms with Crippen LogP contribution in [0, 0.1) is 60.5 Å². The fraction of sp³-hybridized carbons (Fsp3) is 1.00. The Morgan fingerprint density at radius 1 is 1.13 bits per heavy atom. The third kappa shape index (κ3) is 3.68. The van der Waals surface area contributed by atoms with Gasteiger partial charge in [0, 0.05) is 0 Å². The molecule has 0 aromatic carbocycles. The molecule has 0 saturated carbocycles. The van der Waals surface area contributed by atoms with Crippen LogP contribution in [0.4, 0.5) is 0 Å². The molecule has 3 heteroatoms. The molecule has 1 fully saturated rings. The maximum atomic E-state index is 6.08. The zero-order chi connectivity index (χ0) is 11.6. The predicted molar refractivity (Wildman–Crippen MR) is 58.6 cm³/mol. The third-order valence-electron chi connectivity index (χ3n) is 3.79. The van der Waals surface area contributed by atoms with Crippen molar-refractivity contribution >= 4 is 0 Å². The summed E-state index contributed by atoms with van der Waals surface area (Å²) in [5, 5.41) is 0. The summed E-state index contributed by atoms with van der Waals surface area (Å²) in [4.78, 5) is 0. The maximum absolute atomic E-state index is 6.08. The van der Waals surface area contributed by atoms with Gasteiger partial charge in [0.2, 0.25) is 0 Å². The van der Waals surface area contributed by atoms with Crippen LogP contribution in [-0.2, 0) is 9.47 Å². The molecule has 15 heavy (non-hydrogen) atoms. The molecule has 86 valence electrons. The second-order valence-corrected chi connectivity index (χ2v) is 8.57. The van der Waals surface area contributed by atoms with E-state index in [1.807, 2.05) is 0 Å². The van der Waals surface area contributed by atoms with Crippen LogP contribution in [0.1, 0.15) is 34.6 Å². The Morgan fingerprint density at radius 3 is 2.20 bits per heavy atom. The molecule has 5 atom stereocenters. The van der Waals surface area contributed by atoms with Crippen LogP contribution in [0.3, 0.4) is 0 Å². The first kappa shape index (κ1) is 14.4. The van der Waals surface area contributed by atoms with Gasteiger partial charge in [-0.05, 0) is 0 Å². The van der Waals surface area contributed by atoms with Gasteiger partial charge in [0.05, 0.1) is 0 Å². The Bertz CT molecular complexity index is 194. The van der Waals surface area contributed by atoms with E-state index in [1.54, 1.807) is 0 Å². The van der Waals surface area contributed by atoms with Crippen molar-refractivity contribution < 1.29 is 52.3 Å². The van der Waals surface area contributed by atoms with E-state index < -0.39 is 0 Å². The number of hydrogen-bond donors (Lipinski definition) is 0. The zero-order valence-corrected chi connectivity index (χ0v) is 19.2. The number of hydrogen-bond acceptors (Lipinski definition) is 2. The molecule has 0 aromatic heterocycles. The van der Waals surface area contributed by atoms with Crippen molar-refractivity contribution in [1.29, 1.82) is 0 Å². The Morgan fingerprint density at radius 2 is 1.73 bits per heavy atom. The summed E-state index contributed by atoms with van der Waals surface area (Å²) in [6, 6.07) is 0. The summed E-state index contributed by atoms with van der Waals surface area (Å²) in [7, 11) is 0. The molecule has 0 spiro atoms. The molecular formula is C12H24O2Ra. The van der Waals surface area contributed by atoms with Gasteiger partial charge in [0.1, 0.15) is 0 Å².